The Morgan fingerprint density at radius 2 is 1.70 bits per heavy atom. The van der Waals surface area contributed by atoms with Gasteiger partial charge in [0.25, 0.3) is 0 Å². The van der Waals surface area contributed by atoms with E-state index in [1.54, 1.807) is 9.80 Å². The van der Waals surface area contributed by atoms with Gasteiger partial charge in [-0.05, 0) is 58.6 Å². The molecule has 7 heteroatoms. The quantitative estimate of drug-likeness (QED) is 0.641. The van der Waals surface area contributed by atoms with E-state index in [1.807, 2.05) is 58.0 Å². The van der Waals surface area contributed by atoms with Crippen LogP contribution in [0.5, 0.6) is 0 Å². The van der Waals surface area contributed by atoms with Crippen LogP contribution in [0.15, 0.2) is 30.3 Å². The lowest BCUT2D eigenvalue weighted by molar-refractivity contribution is -0.119. The van der Waals surface area contributed by atoms with Gasteiger partial charge in [-0.15, -0.1) is 0 Å². The minimum atomic E-state index is -0.506. The number of piperidine rings is 1. The Morgan fingerprint density at radius 1 is 1.09 bits per heavy atom. The fraction of sp³-hybridized carbons (Fsp3) is 0.577. The van der Waals surface area contributed by atoms with Crippen molar-refractivity contribution in [3.63, 3.8) is 0 Å². The van der Waals surface area contributed by atoms with Crippen LogP contribution >= 0.6 is 0 Å². The number of nitrogens with one attached hydrogen (secondary N) is 1. The van der Waals surface area contributed by atoms with Gasteiger partial charge in [0.2, 0.25) is 5.91 Å². The number of carbonyl (C=O) groups excluding carboxylic acids is 2. The van der Waals surface area contributed by atoms with Gasteiger partial charge in [0.1, 0.15) is 5.60 Å². The van der Waals surface area contributed by atoms with Crippen LogP contribution in [-0.2, 0) is 14.9 Å². The van der Waals surface area contributed by atoms with Crippen LogP contribution in [0.3, 0.4) is 0 Å². The lowest BCUT2D eigenvalue weighted by atomic mass is 9.92. The van der Waals surface area contributed by atoms with E-state index in [2.05, 4.69) is 31.0 Å². The van der Waals surface area contributed by atoms with E-state index in [1.165, 1.54) is 0 Å². The van der Waals surface area contributed by atoms with Crippen LogP contribution in [0.4, 0.5) is 16.3 Å². The van der Waals surface area contributed by atoms with E-state index in [9.17, 15) is 9.59 Å². The van der Waals surface area contributed by atoms with Crippen molar-refractivity contribution in [2.24, 2.45) is 5.92 Å². The Kier molecular flexibility index (Phi) is 7.20. The molecule has 2 aromatic rings. The average Bonchev–Trinajstić information content (AvgIpc) is 3.19. The third-order valence-electron chi connectivity index (χ3n) is 5.87. The monoisotopic (exact) mass is 454 g/mol. The van der Waals surface area contributed by atoms with Crippen molar-refractivity contribution >= 4 is 23.5 Å². The molecule has 180 valence electrons. The molecule has 1 aromatic heterocycles. The number of aromatic nitrogens is 2. The fourth-order valence-corrected chi connectivity index (χ4v) is 3.89. The molecule has 3 rings (SSSR count). The topological polar surface area (TPSA) is 78.5 Å². The first kappa shape index (κ1) is 24.8. The molecule has 1 aromatic carbocycles. The fourth-order valence-electron chi connectivity index (χ4n) is 3.89. The smallest absolute Gasteiger partial charge is 0.410 e. The average molecular weight is 455 g/mol. The maximum atomic E-state index is 13.5. The van der Waals surface area contributed by atoms with Crippen LogP contribution in [0.25, 0.3) is 0 Å². The number of likely N-dealkylation sites (tertiary alicyclic amines) is 1. The van der Waals surface area contributed by atoms with Crippen molar-refractivity contribution in [3.8, 4) is 0 Å². The van der Waals surface area contributed by atoms with Gasteiger partial charge in [-0.3, -0.25) is 14.8 Å². The van der Waals surface area contributed by atoms with Crippen LogP contribution in [0.1, 0.15) is 72.1 Å². The predicted molar refractivity (Wildman–Crippen MR) is 131 cm³/mol. The molecule has 2 heterocycles. The number of hydrogen-bond acceptors (Lipinski definition) is 4. The molecule has 7 nitrogen and oxygen atoms in total. The standard InChI is InChI=1S/C26H38N4O3/c1-18-8-10-20(11-9-18)30(22-17-21(27-28-22)25(2,3)4)23(31)16-19-12-14-29(15-13-19)24(32)33-26(5,6)7/h8-11,17,19H,12-16H2,1-7H3,(H,27,28). The van der Waals surface area contributed by atoms with E-state index in [4.69, 9.17) is 4.74 Å². The molecule has 1 saturated heterocycles. The summed E-state index contributed by atoms with van der Waals surface area (Å²) in [5, 5.41) is 7.58. The van der Waals surface area contributed by atoms with Crippen molar-refractivity contribution in [2.75, 3.05) is 18.0 Å². The van der Waals surface area contributed by atoms with Gasteiger partial charge in [0, 0.05) is 36.7 Å². The minimum Gasteiger partial charge on any atom is -0.444 e. The molecule has 0 radical (unpaired) electrons. The number of rotatable bonds is 4. The number of nitrogens with zero attached hydrogens (tertiary/aromatic N) is 3. The first-order valence-corrected chi connectivity index (χ1v) is 11.8. The zero-order valence-corrected chi connectivity index (χ0v) is 21.1. The summed E-state index contributed by atoms with van der Waals surface area (Å²) in [5.74, 6) is 0.840. The van der Waals surface area contributed by atoms with E-state index >= 15 is 0 Å². The lowest BCUT2D eigenvalue weighted by Gasteiger charge is -2.33. The summed E-state index contributed by atoms with van der Waals surface area (Å²) in [6.45, 7) is 15.2. The first-order chi connectivity index (χ1) is 15.3. The normalized spacial score (nSPS) is 15.4. The second-order valence-electron chi connectivity index (χ2n) is 11.1. The Labute approximate surface area is 197 Å². The molecule has 1 N–H and O–H groups in total. The summed E-state index contributed by atoms with van der Waals surface area (Å²) in [7, 11) is 0. The molecular formula is C26H38N4O3. The van der Waals surface area contributed by atoms with Gasteiger partial charge in [0.15, 0.2) is 5.82 Å². The van der Waals surface area contributed by atoms with Gasteiger partial charge in [0.05, 0.1) is 5.69 Å². The molecule has 1 aliphatic heterocycles. The molecule has 0 aliphatic carbocycles. The largest absolute Gasteiger partial charge is 0.444 e. The van der Waals surface area contributed by atoms with Crippen molar-refractivity contribution in [1.82, 2.24) is 15.1 Å². The molecule has 2 amide bonds. The summed E-state index contributed by atoms with van der Waals surface area (Å²) in [4.78, 5) is 29.3. The number of hydrogen-bond donors (Lipinski definition) is 1. The number of aryl methyl sites for hydroxylation is 1. The van der Waals surface area contributed by atoms with Gasteiger partial charge in [-0.25, -0.2) is 4.79 Å². The third kappa shape index (κ3) is 6.59. The highest BCUT2D eigenvalue weighted by Gasteiger charge is 2.30. The highest BCUT2D eigenvalue weighted by molar-refractivity contribution is 5.99. The van der Waals surface area contributed by atoms with Crippen molar-refractivity contribution in [1.29, 1.82) is 0 Å². The Morgan fingerprint density at radius 3 is 2.21 bits per heavy atom. The van der Waals surface area contributed by atoms with E-state index in [0.717, 1.165) is 29.8 Å². The van der Waals surface area contributed by atoms with E-state index in [-0.39, 0.29) is 23.3 Å². The van der Waals surface area contributed by atoms with Crippen molar-refractivity contribution < 1.29 is 14.3 Å². The number of H-pyrrole nitrogens is 1. The summed E-state index contributed by atoms with van der Waals surface area (Å²) < 4.78 is 5.49. The van der Waals surface area contributed by atoms with Gasteiger partial charge >= 0.3 is 6.09 Å². The maximum Gasteiger partial charge on any atom is 0.410 e. The van der Waals surface area contributed by atoms with Gasteiger partial charge in [-0.2, -0.15) is 5.10 Å². The molecule has 1 aliphatic rings. The van der Waals surface area contributed by atoms with Crippen LogP contribution in [-0.4, -0.2) is 45.8 Å². The molecule has 1 fully saturated rings. The first-order valence-electron chi connectivity index (χ1n) is 11.8. The Bertz CT molecular complexity index is 959. The zero-order chi connectivity index (χ0) is 24.4. The molecule has 0 bridgehead atoms. The summed E-state index contributed by atoms with van der Waals surface area (Å²) >= 11 is 0. The van der Waals surface area contributed by atoms with Crippen LogP contribution in [0.2, 0.25) is 0 Å². The Hall–Kier alpha value is -2.83. The number of carbonyl (C=O) groups is 2. The highest BCUT2D eigenvalue weighted by Crippen LogP contribution is 2.31. The van der Waals surface area contributed by atoms with E-state index < -0.39 is 5.60 Å². The molecule has 33 heavy (non-hydrogen) atoms. The molecule has 0 spiro atoms. The summed E-state index contributed by atoms with van der Waals surface area (Å²) in [6.07, 6.45) is 1.69. The number of aromatic amines is 1. The van der Waals surface area contributed by atoms with Gasteiger partial charge < -0.3 is 9.64 Å². The highest BCUT2D eigenvalue weighted by atomic mass is 16.6. The van der Waals surface area contributed by atoms with Crippen LogP contribution < -0.4 is 4.90 Å². The predicted octanol–water partition coefficient (Wildman–Crippen LogP) is 5.72. The third-order valence-corrected chi connectivity index (χ3v) is 5.87. The molecule has 0 unspecified atom stereocenters. The second kappa shape index (κ2) is 9.57. The number of amides is 2. The summed E-state index contributed by atoms with van der Waals surface area (Å²) in [5.41, 5.74) is 2.32. The number of ether oxygens (including phenoxy) is 1. The second-order valence-corrected chi connectivity index (χ2v) is 11.1. The molecular weight excluding hydrogens is 416 g/mol. The maximum absolute atomic E-state index is 13.5. The van der Waals surface area contributed by atoms with E-state index in [0.29, 0.717) is 25.3 Å². The van der Waals surface area contributed by atoms with Crippen molar-refractivity contribution in [3.05, 3.63) is 41.6 Å². The zero-order valence-electron chi connectivity index (χ0n) is 21.1. The number of anilines is 2. The number of benzene rings is 1. The van der Waals surface area contributed by atoms with Crippen molar-refractivity contribution in [2.45, 2.75) is 78.7 Å². The van der Waals surface area contributed by atoms with Crippen LogP contribution in [0, 0.1) is 12.8 Å². The summed E-state index contributed by atoms with van der Waals surface area (Å²) in [6, 6.07) is 9.90. The molecule has 0 saturated carbocycles. The van der Waals surface area contributed by atoms with Gasteiger partial charge in [-0.1, -0.05) is 38.5 Å². The minimum absolute atomic E-state index is 0.0153. The SMILES string of the molecule is Cc1ccc(N(C(=O)CC2CCN(C(=O)OC(C)(C)C)CC2)c2cc(C(C)(C)C)[nH]n2)cc1. The Balaban J connectivity index is 1.72. The molecule has 0 atom stereocenters. The lowest BCUT2D eigenvalue weighted by Crippen LogP contribution is -2.42.